The van der Waals surface area contributed by atoms with E-state index >= 15 is 0 Å². The standard InChI is InChI=1S/C21H16ClFN4O3/c22-15-5-3-6-16(10-15)29-12-17-8-9-19(30-17)20(28)25-21-24-13-27(26-21)11-14-4-1-2-7-18(14)23/h1-10,13H,11-12H2,(H,25,26,28). The summed E-state index contributed by atoms with van der Waals surface area (Å²) in [4.78, 5) is 16.4. The molecule has 0 aliphatic rings. The van der Waals surface area contributed by atoms with Crippen molar-refractivity contribution in [3.05, 3.63) is 94.9 Å². The lowest BCUT2D eigenvalue weighted by Crippen LogP contribution is -2.12. The first kappa shape index (κ1) is 19.7. The normalized spacial score (nSPS) is 10.7. The van der Waals surface area contributed by atoms with Crippen molar-refractivity contribution >= 4 is 23.5 Å². The Balaban J connectivity index is 1.34. The third kappa shape index (κ3) is 4.84. The van der Waals surface area contributed by atoms with E-state index in [9.17, 15) is 9.18 Å². The van der Waals surface area contributed by atoms with E-state index in [1.807, 2.05) is 0 Å². The van der Waals surface area contributed by atoms with E-state index in [1.54, 1.807) is 48.5 Å². The zero-order valence-corrected chi connectivity index (χ0v) is 16.3. The first-order valence-corrected chi connectivity index (χ1v) is 9.36. The Hall–Kier alpha value is -3.65. The van der Waals surface area contributed by atoms with Crippen molar-refractivity contribution in [1.29, 1.82) is 0 Å². The topological polar surface area (TPSA) is 82.2 Å². The molecule has 1 N–H and O–H groups in total. The zero-order valence-electron chi connectivity index (χ0n) is 15.6. The Kier molecular flexibility index (Phi) is 5.76. The lowest BCUT2D eigenvalue weighted by atomic mass is 10.2. The molecule has 0 bridgehead atoms. The molecule has 4 rings (SSSR count). The maximum Gasteiger partial charge on any atom is 0.293 e. The molecule has 4 aromatic rings. The van der Waals surface area contributed by atoms with Crippen molar-refractivity contribution in [3.8, 4) is 5.75 Å². The number of rotatable bonds is 7. The number of aromatic nitrogens is 3. The molecule has 9 heteroatoms. The molecule has 0 aliphatic heterocycles. The fourth-order valence-corrected chi connectivity index (χ4v) is 2.86. The summed E-state index contributed by atoms with van der Waals surface area (Å²) in [5.41, 5.74) is 0.468. The van der Waals surface area contributed by atoms with Gasteiger partial charge in [0.25, 0.3) is 5.91 Å². The summed E-state index contributed by atoms with van der Waals surface area (Å²) >= 11 is 5.92. The molecule has 152 valence electrons. The lowest BCUT2D eigenvalue weighted by Gasteiger charge is -2.04. The molecule has 2 aromatic carbocycles. The number of hydrogen-bond donors (Lipinski definition) is 1. The second-order valence-electron chi connectivity index (χ2n) is 6.32. The van der Waals surface area contributed by atoms with E-state index < -0.39 is 5.91 Å². The largest absolute Gasteiger partial charge is 0.486 e. The van der Waals surface area contributed by atoms with Crippen LogP contribution < -0.4 is 10.1 Å². The third-order valence-corrected chi connectivity index (χ3v) is 4.35. The van der Waals surface area contributed by atoms with Crippen LogP contribution in [0.5, 0.6) is 5.75 Å². The minimum absolute atomic E-state index is 0.0875. The number of carbonyl (C=O) groups excluding carboxylic acids is 1. The Labute approximate surface area is 176 Å². The summed E-state index contributed by atoms with van der Waals surface area (Å²) in [5.74, 6) is 0.400. The Morgan fingerprint density at radius 2 is 2.03 bits per heavy atom. The van der Waals surface area contributed by atoms with Crippen LogP contribution in [0.15, 0.2) is 71.4 Å². The van der Waals surface area contributed by atoms with Gasteiger partial charge in [0, 0.05) is 10.6 Å². The number of benzene rings is 2. The molecular formula is C21H16ClFN4O3. The van der Waals surface area contributed by atoms with Gasteiger partial charge in [0.1, 0.15) is 30.3 Å². The number of nitrogens with zero attached hydrogens (tertiary/aromatic N) is 3. The van der Waals surface area contributed by atoms with Crippen LogP contribution in [0.3, 0.4) is 0 Å². The molecule has 0 aliphatic carbocycles. The van der Waals surface area contributed by atoms with E-state index in [-0.39, 0.29) is 30.7 Å². The van der Waals surface area contributed by atoms with Gasteiger partial charge in [-0.05, 0) is 36.4 Å². The Bertz CT molecular complexity index is 1170. The van der Waals surface area contributed by atoms with E-state index in [1.165, 1.54) is 23.1 Å². The number of amides is 1. The molecule has 0 unspecified atom stereocenters. The zero-order chi connectivity index (χ0) is 20.9. The van der Waals surface area contributed by atoms with Gasteiger partial charge >= 0.3 is 0 Å². The summed E-state index contributed by atoms with van der Waals surface area (Å²) in [7, 11) is 0. The molecule has 0 atom stereocenters. The number of anilines is 1. The summed E-state index contributed by atoms with van der Waals surface area (Å²) in [6.45, 7) is 0.338. The van der Waals surface area contributed by atoms with E-state index in [4.69, 9.17) is 20.8 Å². The van der Waals surface area contributed by atoms with Crippen LogP contribution in [0.4, 0.5) is 10.3 Å². The van der Waals surface area contributed by atoms with Gasteiger partial charge < -0.3 is 9.15 Å². The third-order valence-electron chi connectivity index (χ3n) is 4.11. The van der Waals surface area contributed by atoms with Crippen molar-refractivity contribution in [2.24, 2.45) is 0 Å². The van der Waals surface area contributed by atoms with Crippen LogP contribution in [0.25, 0.3) is 0 Å². The predicted octanol–water partition coefficient (Wildman–Crippen LogP) is 4.54. The van der Waals surface area contributed by atoms with E-state index in [0.717, 1.165) is 0 Å². The number of ether oxygens (including phenoxy) is 1. The van der Waals surface area contributed by atoms with Crippen LogP contribution >= 0.6 is 11.6 Å². The summed E-state index contributed by atoms with van der Waals surface area (Å²) in [6, 6.07) is 16.5. The van der Waals surface area contributed by atoms with Crippen LogP contribution in [0.2, 0.25) is 5.02 Å². The van der Waals surface area contributed by atoms with Gasteiger partial charge in [-0.25, -0.2) is 14.1 Å². The van der Waals surface area contributed by atoms with Crippen molar-refractivity contribution in [2.75, 3.05) is 5.32 Å². The molecular weight excluding hydrogens is 411 g/mol. The van der Waals surface area contributed by atoms with Crippen molar-refractivity contribution < 1.29 is 18.3 Å². The number of hydrogen-bond acceptors (Lipinski definition) is 5. The van der Waals surface area contributed by atoms with Crippen LogP contribution in [0, 0.1) is 5.82 Å². The van der Waals surface area contributed by atoms with Crippen molar-refractivity contribution in [3.63, 3.8) is 0 Å². The molecule has 2 heterocycles. The quantitative estimate of drug-likeness (QED) is 0.469. The number of nitrogens with one attached hydrogen (secondary N) is 1. The average molecular weight is 427 g/mol. The van der Waals surface area contributed by atoms with Gasteiger partial charge in [-0.2, -0.15) is 0 Å². The molecule has 0 saturated carbocycles. The van der Waals surface area contributed by atoms with Crippen LogP contribution in [-0.2, 0) is 13.2 Å². The Morgan fingerprint density at radius 3 is 2.87 bits per heavy atom. The number of carbonyl (C=O) groups is 1. The maximum atomic E-state index is 13.7. The summed E-state index contributed by atoms with van der Waals surface area (Å²) in [5, 5.41) is 7.24. The van der Waals surface area contributed by atoms with E-state index in [0.29, 0.717) is 22.1 Å². The van der Waals surface area contributed by atoms with Crippen LogP contribution in [-0.4, -0.2) is 20.7 Å². The lowest BCUT2D eigenvalue weighted by molar-refractivity contribution is 0.0991. The fraction of sp³-hybridized carbons (Fsp3) is 0.0952. The summed E-state index contributed by atoms with van der Waals surface area (Å²) < 4.78 is 26.3. The van der Waals surface area contributed by atoms with Gasteiger partial charge in [-0.15, -0.1) is 5.10 Å². The molecule has 0 radical (unpaired) electrons. The maximum absolute atomic E-state index is 13.7. The number of halogens is 2. The van der Waals surface area contributed by atoms with Crippen molar-refractivity contribution in [1.82, 2.24) is 14.8 Å². The average Bonchev–Trinajstić information content (AvgIpc) is 3.38. The number of furan rings is 1. The smallest absolute Gasteiger partial charge is 0.293 e. The van der Waals surface area contributed by atoms with Gasteiger partial charge in [-0.1, -0.05) is 35.9 Å². The second kappa shape index (κ2) is 8.79. The first-order valence-electron chi connectivity index (χ1n) is 8.98. The first-order chi connectivity index (χ1) is 14.6. The van der Waals surface area contributed by atoms with E-state index in [2.05, 4.69) is 15.4 Å². The monoisotopic (exact) mass is 426 g/mol. The molecule has 7 nitrogen and oxygen atoms in total. The Morgan fingerprint density at radius 1 is 1.17 bits per heavy atom. The van der Waals surface area contributed by atoms with Gasteiger partial charge in [0.2, 0.25) is 5.95 Å². The molecule has 30 heavy (non-hydrogen) atoms. The summed E-state index contributed by atoms with van der Waals surface area (Å²) in [6.07, 6.45) is 1.41. The highest BCUT2D eigenvalue weighted by Crippen LogP contribution is 2.19. The molecule has 2 aromatic heterocycles. The molecule has 0 fully saturated rings. The SMILES string of the molecule is O=C(Nc1ncn(Cc2ccccc2F)n1)c1ccc(COc2cccc(Cl)c2)o1. The minimum atomic E-state index is -0.507. The predicted molar refractivity (Wildman–Crippen MR) is 108 cm³/mol. The van der Waals surface area contributed by atoms with Gasteiger partial charge in [-0.3, -0.25) is 10.1 Å². The molecule has 0 saturated heterocycles. The van der Waals surface area contributed by atoms with Crippen molar-refractivity contribution in [2.45, 2.75) is 13.2 Å². The highest BCUT2D eigenvalue weighted by Gasteiger charge is 2.14. The molecule has 0 spiro atoms. The minimum Gasteiger partial charge on any atom is -0.486 e. The van der Waals surface area contributed by atoms with Gasteiger partial charge in [0.15, 0.2) is 5.76 Å². The second-order valence-corrected chi connectivity index (χ2v) is 6.76. The van der Waals surface area contributed by atoms with Gasteiger partial charge in [0.05, 0.1) is 6.54 Å². The highest BCUT2D eigenvalue weighted by molar-refractivity contribution is 6.30. The fourth-order valence-electron chi connectivity index (χ4n) is 2.68. The van der Waals surface area contributed by atoms with Crippen LogP contribution in [0.1, 0.15) is 21.9 Å². The highest BCUT2D eigenvalue weighted by atomic mass is 35.5. The molecule has 1 amide bonds.